The highest BCUT2D eigenvalue weighted by Crippen LogP contribution is 2.32. The van der Waals surface area contributed by atoms with Gasteiger partial charge < -0.3 is 40.7 Å². The third-order valence-corrected chi connectivity index (χ3v) is 14.4. The Morgan fingerprint density at radius 1 is 0.602 bits per heavy atom. The molecule has 2 aliphatic heterocycles. The number of carbonyl (C=O) groups excluding carboxylic acids is 6. The normalized spacial score (nSPS) is 16.7. The number of esters is 2. The first-order valence-corrected chi connectivity index (χ1v) is 29.3. The first kappa shape index (κ1) is 65.9. The average Bonchev–Trinajstić information content (AvgIpc) is 2.81. The number of nitrogens with one attached hydrogen (secondary N) is 6. The maximum atomic E-state index is 13.0. The third kappa shape index (κ3) is 19.7. The molecule has 4 aromatic carbocycles. The van der Waals surface area contributed by atoms with E-state index in [9.17, 15) is 28.8 Å². The summed E-state index contributed by atoms with van der Waals surface area (Å²) in [7, 11) is 2.76. The van der Waals surface area contributed by atoms with Crippen LogP contribution in [0.5, 0.6) is 0 Å². The number of rotatable bonds is 10. The molecule has 0 unspecified atom stereocenters. The second-order valence-corrected chi connectivity index (χ2v) is 21.5. The van der Waals surface area contributed by atoms with Gasteiger partial charge in [0.15, 0.2) is 0 Å². The molecule has 0 saturated carbocycles. The molecule has 2 aliphatic rings. The summed E-state index contributed by atoms with van der Waals surface area (Å²) in [6.45, 7) is 7.65. The minimum absolute atomic E-state index is 0.0130. The summed E-state index contributed by atoms with van der Waals surface area (Å²) in [6.07, 6.45) is 19.2. The van der Waals surface area contributed by atoms with E-state index in [2.05, 4.69) is 95.6 Å². The van der Waals surface area contributed by atoms with Crippen LogP contribution in [0.2, 0.25) is 10.0 Å². The molecule has 0 radical (unpaired) electrons. The van der Waals surface area contributed by atoms with Crippen LogP contribution in [-0.4, -0.2) is 110 Å². The van der Waals surface area contributed by atoms with E-state index in [1.165, 1.54) is 48.4 Å². The van der Waals surface area contributed by atoms with Gasteiger partial charge in [-0.2, -0.15) is 9.36 Å². The van der Waals surface area contributed by atoms with Gasteiger partial charge in [0.2, 0.25) is 23.6 Å². The predicted molar refractivity (Wildman–Crippen MR) is 333 cm³/mol. The Labute approximate surface area is 518 Å². The van der Waals surface area contributed by atoms with Gasteiger partial charge >= 0.3 is 11.9 Å². The van der Waals surface area contributed by atoms with Gasteiger partial charge in [0.05, 0.1) is 72.8 Å². The summed E-state index contributed by atoms with van der Waals surface area (Å²) < 4.78 is 11.5. The predicted octanol–water partition coefficient (Wildman–Crippen LogP) is 10.6. The second-order valence-electron chi connectivity index (χ2n) is 20.6. The first-order chi connectivity index (χ1) is 42.5. The van der Waals surface area contributed by atoms with Gasteiger partial charge in [0, 0.05) is 70.1 Å². The first-order valence-electron chi connectivity index (χ1n) is 28.6. The van der Waals surface area contributed by atoms with Gasteiger partial charge in [-0.3, -0.25) is 28.8 Å². The third-order valence-electron chi connectivity index (χ3n) is 13.9. The van der Waals surface area contributed by atoms with Crippen molar-refractivity contribution in [3.63, 3.8) is 0 Å². The van der Waals surface area contributed by atoms with Gasteiger partial charge in [0.1, 0.15) is 24.3 Å². The van der Waals surface area contributed by atoms with Crippen LogP contribution in [0.4, 0.5) is 11.4 Å². The Bertz CT molecular complexity index is 3430. The zero-order valence-electron chi connectivity index (χ0n) is 49.6. The van der Waals surface area contributed by atoms with E-state index in [0.29, 0.717) is 82.7 Å². The Hall–Kier alpha value is -9.68. The molecule has 0 aliphatic carbocycles. The highest BCUT2D eigenvalue weighted by Gasteiger charge is 2.23. The number of carbonyl (C=O) groups is 6. The molecule has 4 bridgehead atoms. The summed E-state index contributed by atoms with van der Waals surface area (Å²) in [6, 6.07) is 25.1. The molecule has 0 saturated heterocycles. The molecule has 0 spiro atoms. The lowest BCUT2D eigenvalue weighted by atomic mass is 9.98. The molecule has 6 heterocycles. The van der Waals surface area contributed by atoms with Crippen LogP contribution in [0.1, 0.15) is 127 Å². The van der Waals surface area contributed by atoms with E-state index in [1.807, 2.05) is 48.5 Å². The smallest absolute Gasteiger partial charge is 0.305 e. The number of nitrogens with zero attached hydrogens (tertiary/aromatic N) is 10. The topological polar surface area (TPSA) is 314 Å². The number of halogens is 2. The number of aromatic amines is 2. The van der Waals surface area contributed by atoms with Crippen molar-refractivity contribution < 1.29 is 38.2 Å². The van der Waals surface area contributed by atoms with Crippen LogP contribution in [0, 0.1) is 11.8 Å². The Balaban J connectivity index is 0.000000212. The van der Waals surface area contributed by atoms with Gasteiger partial charge in [-0.25, -0.2) is 9.97 Å². The Kier molecular flexibility index (Phi) is 24.9. The fourth-order valence-electron chi connectivity index (χ4n) is 9.43. The number of para-hydroxylation sites is 2. The monoisotopic (exact) mass is 1240 g/mol. The van der Waals surface area contributed by atoms with Crippen molar-refractivity contribution in [1.82, 2.24) is 71.0 Å². The van der Waals surface area contributed by atoms with Crippen molar-refractivity contribution in [3.05, 3.63) is 155 Å². The van der Waals surface area contributed by atoms with Crippen molar-refractivity contribution in [1.29, 1.82) is 0 Å². The summed E-state index contributed by atoms with van der Waals surface area (Å²) in [4.78, 5) is 87.1. The lowest BCUT2D eigenvalue weighted by Gasteiger charge is -2.17. The largest absolute Gasteiger partial charge is 0.469 e. The summed E-state index contributed by atoms with van der Waals surface area (Å²) >= 11 is 12.4. The molecule has 4 aromatic heterocycles. The summed E-state index contributed by atoms with van der Waals surface area (Å²) in [5.74, 6) is 0.845. The molecule has 8 aromatic rings. The standard InChI is InChI=1S/2C27H27ClN8O2.2C4H8O2/c2*1-17-5-4-8-22(27-29-15-23(33-27)20-6-2-3-7-21(20)31-26(38)13-17)32-25(37)12-9-18-14-19(28)10-11-24(18)36-16-30-34-35-36;2*1-3-4(5)6-2/h2*2-3,6-7,9-12,14-17,22H,4-5,8,13H2,1H3,(H,29,33)(H,31,38)(H,32,37);2*3H2,1-2H3/b2*12-9+;;/t17-,22+;17-,22-;;/m10../s1. The minimum atomic E-state index is -0.331. The molecular weight excluding hydrogens is 1170 g/mol. The molecule has 4 atom stereocenters. The molecule has 0 fully saturated rings. The Morgan fingerprint density at radius 3 is 1.38 bits per heavy atom. The van der Waals surface area contributed by atoms with E-state index >= 15 is 0 Å². The Morgan fingerprint density at radius 2 is 1.01 bits per heavy atom. The fourth-order valence-corrected chi connectivity index (χ4v) is 9.79. The van der Waals surface area contributed by atoms with Gasteiger partial charge in [0.25, 0.3) is 0 Å². The number of hydrogen-bond acceptors (Lipinski definition) is 16. The summed E-state index contributed by atoms with van der Waals surface area (Å²) in [5, 5.41) is 35.9. The number of aromatic nitrogens is 12. The number of amides is 4. The van der Waals surface area contributed by atoms with Crippen LogP contribution in [-0.2, 0) is 38.2 Å². The molecule has 6 N–H and O–H groups in total. The zero-order chi connectivity index (χ0) is 63.0. The van der Waals surface area contributed by atoms with E-state index in [4.69, 9.17) is 23.2 Å². The number of imidazole rings is 2. The molecule has 10 rings (SSSR count). The number of tetrazole rings is 2. The van der Waals surface area contributed by atoms with E-state index in [1.54, 1.807) is 74.8 Å². The number of ether oxygens (including phenoxy) is 2. The molecule has 24 nitrogen and oxygen atoms in total. The van der Waals surface area contributed by atoms with Crippen molar-refractivity contribution in [3.8, 4) is 33.9 Å². The van der Waals surface area contributed by atoms with Crippen molar-refractivity contribution >= 4 is 82.3 Å². The number of hydrogen-bond donors (Lipinski definition) is 6. The number of H-pyrrole nitrogens is 2. The molecular formula is C62H70Cl2N16O8. The molecule has 4 amide bonds. The molecule has 88 heavy (non-hydrogen) atoms. The lowest BCUT2D eigenvalue weighted by Crippen LogP contribution is -2.28. The maximum absolute atomic E-state index is 13.0. The van der Waals surface area contributed by atoms with E-state index < -0.39 is 0 Å². The zero-order valence-corrected chi connectivity index (χ0v) is 51.1. The number of fused-ring (bicyclic) bond motifs is 8. The highest BCUT2D eigenvalue weighted by molar-refractivity contribution is 6.31. The van der Waals surface area contributed by atoms with Crippen molar-refractivity contribution in [2.75, 3.05) is 24.9 Å². The second kappa shape index (κ2) is 33.3. The van der Waals surface area contributed by atoms with Crippen molar-refractivity contribution in [2.24, 2.45) is 11.8 Å². The van der Waals surface area contributed by atoms with Crippen LogP contribution in [0.3, 0.4) is 0 Å². The van der Waals surface area contributed by atoms with Crippen molar-refractivity contribution in [2.45, 2.75) is 104 Å². The van der Waals surface area contributed by atoms with Crippen LogP contribution >= 0.6 is 23.2 Å². The lowest BCUT2D eigenvalue weighted by molar-refractivity contribution is -0.141. The quantitative estimate of drug-likeness (QED) is 0.0548. The average molecular weight is 1240 g/mol. The minimum Gasteiger partial charge on any atom is -0.469 e. The van der Waals surface area contributed by atoms with E-state index in [-0.39, 0.29) is 59.5 Å². The number of anilines is 2. The maximum Gasteiger partial charge on any atom is 0.305 e. The van der Waals surface area contributed by atoms with Gasteiger partial charge in [-0.15, -0.1) is 10.2 Å². The van der Waals surface area contributed by atoms with Crippen LogP contribution < -0.4 is 21.3 Å². The molecule has 26 heteroatoms. The number of methoxy groups -OCH3 is 2. The van der Waals surface area contributed by atoms with Crippen LogP contribution in [0.25, 0.3) is 46.0 Å². The van der Waals surface area contributed by atoms with Gasteiger partial charge in [-0.05, 0) is 106 Å². The van der Waals surface area contributed by atoms with E-state index in [0.717, 1.165) is 59.6 Å². The SMILES string of the molecule is CCC(=O)OC.CCC(=O)OC.C[C@@H]1CCC[C@H](NC(=O)/C=C/c2cc(Cl)ccc2-n2cnnn2)c2ncc([nH]2)-c2ccccc2NC(=O)C1.C[C@H]1CCC[C@H](NC(=O)/C=C/c2cc(Cl)ccc2-n2cnnn2)c2ncc([nH]2)-c2ccccc2NC(=O)C1. The van der Waals surface area contributed by atoms with Gasteiger partial charge in [-0.1, -0.05) is 113 Å². The fraction of sp³-hybridized carbons (Fsp3) is 0.323. The highest BCUT2D eigenvalue weighted by atomic mass is 35.5. The molecule has 460 valence electrons. The van der Waals surface area contributed by atoms with Crippen LogP contribution in [0.15, 0.2) is 122 Å². The number of benzene rings is 4. The summed E-state index contributed by atoms with van der Waals surface area (Å²) in [5.41, 5.74) is 7.43.